The maximum atomic E-state index is 4.72. The zero-order valence-electron chi connectivity index (χ0n) is 11.9. The highest BCUT2D eigenvalue weighted by atomic mass is 32.2. The van der Waals surface area contributed by atoms with Crippen LogP contribution in [0.5, 0.6) is 0 Å². The van der Waals surface area contributed by atoms with Crippen LogP contribution >= 0.6 is 11.8 Å². The molecule has 104 valence electrons. The van der Waals surface area contributed by atoms with Crippen LogP contribution in [0.2, 0.25) is 0 Å². The van der Waals surface area contributed by atoms with E-state index >= 15 is 0 Å². The SMILES string of the molecule is CSc1cc(-c2ccccn2)nc(-c2cc(C)ccn2)c1. The molecule has 0 aliphatic heterocycles. The van der Waals surface area contributed by atoms with Gasteiger partial charge in [-0.2, -0.15) is 0 Å². The van der Waals surface area contributed by atoms with Gasteiger partial charge in [0.15, 0.2) is 0 Å². The highest BCUT2D eigenvalue weighted by molar-refractivity contribution is 7.98. The number of thioether (sulfide) groups is 1. The Balaban J connectivity index is 2.14. The smallest absolute Gasteiger partial charge is 0.0905 e. The molecule has 0 aliphatic rings. The van der Waals surface area contributed by atoms with Crippen molar-refractivity contribution in [3.05, 3.63) is 60.4 Å². The van der Waals surface area contributed by atoms with E-state index in [1.807, 2.05) is 30.5 Å². The number of aryl methyl sites for hydroxylation is 1. The molecular weight excluding hydrogens is 278 g/mol. The maximum Gasteiger partial charge on any atom is 0.0905 e. The van der Waals surface area contributed by atoms with Crippen molar-refractivity contribution in [2.75, 3.05) is 6.26 Å². The maximum absolute atomic E-state index is 4.72. The molecule has 0 aromatic carbocycles. The van der Waals surface area contributed by atoms with Gasteiger partial charge in [0.25, 0.3) is 0 Å². The predicted octanol–water partition coefficient (Wildman–Crippen LogP) is 4.24. The molecule has 3 aromatic heterocycles. The topological polar surface area (TPSA) is 38.7 Å². The van der Waals surface area contributed by atoms with E-state index in [1.54, 1.807) is 18.0 Å². The lowest BCUT2D eigenvalue weighted by Crippen LogP contribution is -1.93. The van der Waals surface area contributed by atoms with Gasteiger partial charge in [0, 0.05) is 17.3 Å². The Morgan fingerprint density at radius 2 is 1.57 bits per heavy atom. The monoisotopic (exact) mass is 293 g/mol. The molecule has 0 aliphatic carbocycles. The predicted molar refractivity (Wildman–Crippen MR) is 87.2 cm³/mol. The molecule has 0 saturated carbocycles. The van der Waals surface area contributed by atoms with E-state index in [0.29, 0.717) is 0 Å². The summed E-state index contributed by atoms with van der Waals surface area (Å²) in [5.74, 6) is 0. The minimum atomic E-state index is 0.876. The number of rotatable bonds is 3. The van der Waals surface area contributed by atoms with E-state index in [-0.39, 0.29) is 0 Å². The molecule has 3 heterocycles. The van der Waals surface area contributed by atoms with Crippen LogP contribution in [0, 0.1) is 6.92 Å². The van der Waals surface area contributed by atoms with Crippen molar-refractivity contribution < 1.29 is 0 Å². The first-order chi connectivity index (χ1) is 10.3. The molecule has 0 bridgehead atoms. The molecule has 0 N–H and O–H groups in total. The first-order valence-electron chi connectivity index (χ1n) is 6.67. The van der Waals surface area contributed by atoms with Crippen molar-refractivity contribution in [1.29, 1.82) is 0 Å². The van der Waals surface area contributed by atoms with Crippen LogP contribution in [0.3, 0.4) is 0 Å². The molecule has 3 aromatic rings. The van der Waals surface area contributed by atoms with E-state index in [9.17, 15) is 0 Å². The third-order valence-corrected chi connectivity index (χ3v) is 3.85. The highest BCUT2D eigenvalue weighted by Gasteiger charge is 2.08. The van der Waals surface area contributed by atoms with Crippen molar-refractivity contribution in [3.8, 4) is 22.8 Å². The lowest BCUT2D eigenvalue weighted by molar-refractivity contribution is 1.18. The fourth-order valence-corrected chi connectivity index (χ4v) is 2.54. The number of nitrogens with zero attached hydrogens (tertiary/aromatic N) is 3. The van der Waals surface area contributed by atoms with Crippen LogP contribution < -0.4 is 0 Å². The van der Waals surface area contributed by atoms with E-state index < -0.39 is 0 Å². The molecule has 0 unspecified atom stereocenters. The Morgan fingerprint density at radius 1 is 0.810 bits per heavy atom. The van der Waals surface area contributed by atoms with Gasteiger partial charge >= 0.3 is 0 Å². The normalized spacial score (nSPS) is 10.6. The minimum absolute atomic E-state index is 0.876. The van der Waals surface area contributed by atoms with E-state index in [4.69, 9.17) is 4.98 Å². The molecule has 0 saturated heterocycles. The standard InChI is InChI=1S/C17H15N3S/c1-12-6-8-19-15(9-12)17-11-13(21-2)10-16(20-17)14-5-3-4-7-18-14/h3-11H,1-2H3. The fourth-order valence-electron chi connectivity index (χ4n) is 2.08. The highest BCUT2D eigenvalue weighted by Crippen LogP contribution is 2.27. The largest absolute Gasteiger partial charge is 0.255 e. The zero-order chi connectivity index (χ0) is 14.7. The number of hydrogen-bond acceptors (Lipinski definition) is 4. The second-order valence-electron chi connectivity index (χ2n) is 4.71. The van der Waals surface area contributed by atoms with Crippen molar-refractivity contribution in [3.63, 3.8) is 0 Å². The molecule has 4 heteroatoms. The Labute approximate surface area is 128 Å². The van der Waals surface area contributed by atoms with Crippen molar-refractivity contribution in [1.82, 2.24) is 15.0 Å². The number of aromatic nitrogens is 3. The lowest BCUT2D eigenvalue weighted by atomic mass is 10.1. The molecule has 0 atom stereocenters. The average molecular weight is 293 g/mol. The summed E-state index contributed by atoms with van der Waals surface area (Å²) in [4.78, 5) is 14.7. The van der Waals surface area contributed by atoms with Crippen LogP contribution in [0.15, 0.2) is 59.8 Å². The van der Waals surface area contributed by atoms with Crippen LogP contribution in [-0.2, 0) is 0 Å². The van der Waals surface area contributed by atoms with Gasteiger partial charge in [0.2, 0.25) is 0 Å². The summed E-state index contributed by atoms with van der Waals surface area (Å²) in [6, 6.07) is 14.0. The van der Waals surface area contributed by atoms with Gasteiger partial charge in [0.05, 0.1) is 22.8 Å². The van der Waals surface area contributed by atoms with Gasteiger partial charge in [0.1, 0.15) is 0 Å². The third kappa shape index (κ3) is 3.11. The fraction of sp³-hybridized carbons (Fsp3) is 0.118. The summed E-state index contributed by atoms with van der Waals surface area (Å²) in [7, 11) is 0. The number of pyridine rings is 3. The average Bonchev–Trinajstić information content (AvgIpc) is 2.55. The molecule has 0 radical (unpaired) electrons. The first-order valence-corrected chi connectivity index (χ1v) is 7.89. The van der Waals surface area contributed by atoms with Crippen molar-refractivity contribution in [2.24, 2.45) is 0 Å². The Morgan fingerprint density at radius 3 is 2.24 bits per heavy atom. The van der Waals surface area contributed by atoms with Crippen molar-refractivity contribution >= 4 is 11.8 Å². The quantitative estimate of drug-likeness (QED) is 0.677. The molecule has 0 fully saturated rings. The summed E-state index contributed by atoms with van der Waals surface area (Å²) in [6.07, 6.45) is 5.66. The Bertz CT molecular complexity index is 757. The number of hydrogen-bond donors (Lipinski definition) is 0. The third-order valence-electron chi connectivity index (χ3n) is 3.14. The second-order valence-corrected chi connectivity index (χ2v) is 5.59. The summed E-state index contributed by atoms with van der Waals surface area (Å²) in [6.45, 7) is 2.06. The first kappa shape index (κ1) is 13.8. The molecule has 0 spiro atoms. The van der Waals surface area contributed by atoms with Gasteiger partial charge in [-0.25, -0.2) is 4.98 Å². The summed E-state index contributed by atoms with van der Waals surface area (Å²) in [5.41, 5.74) is 4.70. The minimum Gasteiger partial charge on any atom is -0.255 e. The summed E-state index contributed by atoms with van der Waals surface area (Å²) in [5, 5.41) is 0. The second kappa shape index (κ2) is 6.06. The summed E-state index contributed by atoms with van der Waals surface area (Å²) < 4.78 is 0. The Kier molecular flexibility index (Phi) is 3.97. The van der Waals surface area contributed by atoms with Gasteiger partial charge in [-0.05, 0) is 55.1 Å². The molecule has 3 rings (SSSR count). The molecular formula is C17H15N3S. The van der Waals surface area contributed by atoms with Gasteiger partial charge in [-0.15, -0.1) is 11.8 Å². The molecule has 3 nitrogen and oxygen atoms in total. The van der Waals surface area contributed by atoms with Gasteiger partial charge < -0.3 is 0 Å². The molecule has 0 amide bonds. The molecule has 21 heavy (non-hydrogen) atoms. The van der Waals surface area contributed by atoms with E-state index in [0.717, 1.165) is 27.7 Å². The van der Waals surface area contributed by atoms with Gasteiger partial charge in [-0.1, -0.05) is 6.07 Å². The van der Waals surface area contributed by atoms with Crippen LogP contribution in [0.1, 0.15) is 5.56 Å². The van der Waals surface area contributed by atoms with E-state index in [1.165, 1.54) is 5.56 Å². The zero-order valence-corrected chi connectivity index (χ0v) is 12.8. The van der Waals surface area contributed by atoms with Gasteiger partial charge in [-0.3, -0.25) is 9.97 Å². The summed E-state index contributed by atoms with van der Waals surface area (Å²) >= 11 is 1.70. The van der Waals surface area contributed by atoms with Crippen molar-refractivity contribution in [2.45, 2.75) is 11.8 Å². The van der Waals surface area contributed by atoms with Crippen LogP contribution in [0.25, 0.3) is 22.8 Å². The Hall–Kier alpha value is -2.20. The lowest BCUT2D eigenvalue weighted by Gasteiger charge is -2.07. The van der Waals surface area contributed by atoms with Crippen LogP contribution in [0.4, 0.5) is 0 Å². The van der Waals surface area contributed by atoms with E-state index in [2.05, 4.69) is 41.3 Å². The van der Waals surface area contributed by atoms with Crippen LogP contribution in [-0.4, -0.2) is 21.2 Å².